The number of thiazole rings is 1. The zero-order valence-electron chi connectivity index (χ0n) is 8.86. The van der Waals surface area contributed by atoms with E-state index in [0.29, 0.717) is 6.04 Å². The van der Waals surface area contributed by atoms with Crippen LogP contribution in [0.4, 0.5) is 5.13 Å². The van der Waals surface area contributed by atoms with Crippen LogP contribution in [0.2, 0.25) is 0 Å². The number of thiophene rings is 1. The van der Waals surface area contributed by atoms with Crippen LogP contribution in [0.15, 0.2) is 22.9 Å². The molecular weight excluding hydrogens is 224 g/mol. The number of aryl methyl sites for hydroxylation is 1. The minimum Gasteiger partial charge on any atom is -0.359 e. The van der Waals surface area contributed by atoms with Crippen molar-refractivity contribution in [3.8, 4) is 0 Å². The summed E-state index contributed by atoms with van der Waals surface area (Å²) in [6, 6.07) is 4.71. The first-order chi connectivity index (χ1) is 7.24. The van der Waals surface area contributed by atoms with E-state index >= 15 is 0 Å². The Morgan fingerprint density at radius 2 is 2.33 bits per heavy atom. The average Bonchev–Trinajstić information content (AvgIpc) is 2.77. The van der Waals surface area contributed by atoms with Crippen molar-refractivity contribution in [2.75, 3.05) is 5.32 Å². The first-order valence-electron chi connectivity index (χ1n) is 4.95. The minimum atomic E-state index is 0.439. The summed E-state index contributed by atoms with van der Waals surface area (Å²) < 4.78 is 0. The third-order valence-electron chi connectivity index (χ3n) is 2.08. The molecule has 2 nitrogen and oxygen atoms in total. The van der Waals surface area contributed by atoms with Gasteiger partial charge in [0.1, 0.15) is 0 Å². The summed E-state index contributed by atoms with van der Waals surface area (Å²) in [5, 5.41) is 8.63. The second kappa shape index (κ2) is 4.77. The predicted octanol–water partition coefficient (Wildman–Crippen LogP) is 3.56. The number of hydrogen-bond acceptors (Lipinski definition) is 4. The molecule has 0 aromatic carbocycles. The fourth-order valence-corrected chi connectivity index (χ4v) is 3.05. The van der Waals surface area contributed by atoms with Gasteiger partial charge in [-0.15, -0.1) is 22.7 Å². The van der Waals surface area contributed by atoms with Gasteiger partial charge in [-0.2, -0.15) is 0 Å². The third kappa shape index (κ3) is 3.04. The zero-order chi connectivity index (χ0) is 10.7. The molecule has 0 spiro atoms. The van der Waals surface area contributed by atoms with Crippen LogP contribution in [-0.4, -0.2) is 11.0 Å². The quantitative estimate of drug-likeness (QED) is 0.881. The molecule has 1 atom stereocenters. The van der Waals surface area contributed by atoms with E-state index in [0.717, 1.165) is 17.2 Å². The Hall–Kier alpha value is -0.870. The Kier molecular flexibility index (Phi) is 3.38. The molecule has 2 rings (SSSR count). The van der Waals surface area contributed by atoms with Gasteiger partial charge in [0.25, 0.3) is 0 Å². The van der Waals surface area contributed by atoms with Crippen LogP contribution in [0, 0.1) is 6.92 Å². The normalized spacial score (nSPS) is 12.7. The Bertz CT molecular complexity index is 406. The van der Waals surface area contributed by atoms with Gasteiger partial charge in [-0.3, -0.25) is 0 Å². The molecule has 4 heteroatoms. The van der Waals surface area contributed by atoms with E-state index in [-0.39, 0.29) is 0 Å². The number of rotatable bonds is 4. The van der Waals surface area contributed by atoms with Crippen molar-refractivity contribution in [2.24, 2.45) is 0 Å². The molecular formula is C11H14N2S2. The number of hydrogen-bond donors (Lipinski definition) is 1. The molecule has 2 heterocycles. The highest BCUT2D eigenvalue weighted by Gasteiger charge is 2.06. The summed E-state index contributed by atoms with van der Waals surface area (Å²) >= 11 is 3.48. The summed E-state index contributed by atoms with van der Waals surface area (Å²) in [4.78, 5) is 5.81. The maximum atomic E-state index is 4.39. The summed E-state index contributed by atoms with van der Waals surface area (Å²) in [7, 11) is 0. The van der Waals surface area contributed by atoms with Crippen molar-refractivity contribution in [3.05, 3.63) is 33.5 Å². The fraction of sp³-hybridized carbons (Fsp3) is 0.364. The van der Waals surface area contributed by atoms with Gasteiger partial charge < -0.3 is 5.32 Å². The zero-order valence-corrected chi connectivity index (χ0v) is 10.5. The maximum absolute atomic E-state index is 4.39. The predicted molar refractivity (Wildman–Crippen MR) is 68.0 cm³/mol. The molecule has 2 aromatic heterocycles. The number of nitrogens with zero attached hydrogens (tertiary/aromatic N) is 1. The van der Waals surface area contributed by atoms with Crippen LogP contribution in [-0.2, 0) is 6.42 Å². The lowest BCUT2D eigenvalue weighted by Gasteiger charge is -2.11. The van der Waals surface area contributed by atoms with Crippen molar-refractivity contribution in [2.45, 2.75) is 26.3 Å². The van der Waals surface area contributed by atoms with Gasteiger partial charge in [-0.1, -0.05) is 6.07 Å². The molecule has 15 heavy (non-hydrogen) atoms. The van der Waals surface area contributed by atoms with Crippen LogP contribution >= 0.6 is 22.7 Å². The molecule has 0 bridgehead atoms. The van der Waals surface area contributed by atoms with Gasteiger partial charge in [-0.25, -0.2) is 4.98 Å². The van der Waals surface area contributed by atoms with Crippen LogP contribution < -0.4 is 5.32 Å². The highest BCUT2D eigenvalue weighted by Crippen LogP contribution is 2.18. The van der Waals surface area contributed by atoms with E-state index in [1.165, 1.54) is 4.88 Å². The Morgan fingerprint density at radius 1 is 1.47 bits per heavy atom. The fourth-order valence-electron chi connectivity index (χ4n) is 1.41. The van der Waals surface area contributed by atoms with Crippen molar-refractivity contribution < 1.29 is 0 Å². The summed E-state index contributed by atoms with van der Waals surface area (Å²) in [6.45, 7) is 4.21. The van der Waals surface area contributed by atoms with Crippen molar-refractivity contribution in [3.63, 3.8) is 0 Å². The van der Waals surface area contributed by atoms with Crippen molar-refractivity contribution >= 4 is 27.8 Å². The molecule has 0 aliphatic rings. The van der Waals surface area contributed by atoms with Gasteiger partial charge in [-0.05, 0) is 25.3 Å². The van der Waals surface area contributed by atoms with Crippen LogP contribution in [0.3, 0.4) is 0 Å². The Labute approximate surface area is 98.0 Å². The first kappa shape index (κ1) is 10.6. The smallest absolute Gasteiger partial charge is 0.183 e. The van der Waals surface area contributed by atoms with Gasteiger partial charge in [0.15, 0.2) is 5.13 Å². The van der Waals surface area contributed by atoms with E-state index in [9.17, 15) is 0 Å². The molecule has 0 saturated carbocycles. The molecule has 0 radical (unpaired) electrons. The summed E-state index contributed by atoms with van der Waals surface area (Å²) in [5.41, 5.74) is 1.09. The molecule has 0 fully saturated rings. The first-order valence-corrected chi connectivity index (χ1v) is 6.71. The Balaban J connectivity index is 1.90. The molecule has 0 amide bonds. The van der Waals surface area contributed by atoms with Gasteiger partial charge >= 0.3 is 0 Å². The van der Waals surface area contributed by atoms with Gasteiger partial charge in [0.05, 0.1) is 5.69 Å². The number of anilines is 1. The molecule has 1 N–H and O–H groups in total. The Morgan fingerprint density at radius 3 is 2.93 bits per heavy atom. The third-order valence-corrected chi connectivity index (χ3v) is 3.87. The lowest BCUT2D eigenvalue weighted by molar-refractivity contribution is 0.798. The van der Waals surface area contributed by atoms with Gasteiger partial charge in [0.2, 0.25) is 0 Å². The molecule has 1 unspecified atom stereocenters. The van der Waals surface area contributed by atoms with E-state index in [1.54, 1.807) is 11.3 Å². The molecule has 0 aliphatic heterocycles. The van der Waals surface area contributed by atoms with E-state index in [1.807, 2.05) is 18.3 Å². The summed E-state index contributed by atoms with van der Waals surface area (Å²) in [5.74, 6) is 0. The monoisotopic (exact) mass is 238 g/mol. The highest BCUT2D eigenvalue weighted by atomic mass is 32.1. The van der Waals surface area contributed by atoms with E-state index in [4.69, 9.17) is 0 Å². The standard InChI is InChI=1S/C11H14N2S2/c1-8(6-10-4-3-5-14-10)12-11-13-9(2)7-15-11/h3-5,7-8H,6H2,1-2H3,(H,12,13). The largest absolute Gasteiger partial charge is 0.359 e. The van der Waals surface area contributed by atoms with E-state index in [2.05, 4.69) is 40.1 Å². The van der Waals surface area contributed by atoms with Gasteiger partial charge in [0, 0.05) is 22.7 Å². The second-order valence-electron chi connectivity index (χ2n) is 3.62. The van der Waals surface area contributed by atoms with Crippen LogP contribution in [0.5, 0.6) is 0 Å². The molecule has 2 aromatic rings. The summed E-state index contributed by atoms with van der Waals surface area (Å²) in [6.07, 6.45) is 1.07. The van der Waals surface area contributed by atoms with E-state index < -0.39 is 0 Å². The highest BCUT2D eigenvalue weighted by molar-refractivity contribution is 7.13. The lowest BCUT2D eigenvalue weighted by Crippen LogP contribution is -2.17. The molecule has 0 aliphatic carbocycles. The second-order valence-corrected chi connectivity index (χ2v) is 5.51. The van der Waals surface area contributed by atoms with Crippen LogP contribution in [0.1, 0.15) is 17.5 Å². The maximum Gasteiger partial charge on any atom is 0.183 e. The van der Waals surface area contributed by atoms with Crippen LogP contribution in [0.25, 0.3) is 0 Å². The lowest BCUT2D eigenvalue weighted by atomic mass is 10.2. The molecule has 0 saturated heterocycles. The SMILES string of the molecule is Cc1csc(NC(C)Cc2cccs2)n1. The molecule has 80 valence electrons. The number of nitrogens with one attached hydrogen (secondary N) is 1. The average molecular weight is 238 g/mol. The number of aromatic nitrogens is 1. The topological polar surface area (TPSA) is 24.9 Å². The van der Waals surface area contributed by atoms with Crippen molar-refractivity contribution in [1.82, 2.24) is 4.98 Å². The minimum absolute atomic E-state index is 0.439. The van der Waals surface area contributed by atoms with Crippen molar-refractivity contribution in [1.29, 1.82) is 0 Å².